The van der Waals surface area contributed by atoms with Gasteiger partial charge in [0.05, 0.1) is 5.25 Å². The molecule has 0 aliphatic rings. The summed E-state index contributed by atoms with van der Waals surface area (Å²) in [7, 11) is 0. The van der Waals surface area contributed by atoms with Crippen molar-refractivity contribution in [2.75, 3.05) is 5.32 Å². The molecular formula is C18H21N5O2S2. The summed E-state index contributed by atoms with van der Waals surface area (Å²) >= 11 is 2.76. The number of nitrogens with one attached hydrogen (secondary N) is 1. The molecule has 0 radical (unpaired) electrons. The van der Waals surface area contributed by atoms with Crippen LogP contribution in [-0.4, -0.2) is 30.9 Å². The number of hydrogen-bond acceptors (Lipinski definition) is 7. The van der Waals surface area contributed by atoms with E-state index < -0.39 is 0 Å². The molecule has 27 heavy (non-hydrogen) atoms. The van der Waals surface area contributed by atoms with Crippen molar-refractivity contribution in [3.8, 4) is 5.75 Å². The van der Waals surface area contributed by atoms with Gasteiger partial charge in [-0.25, -0.2) is 4.98 Å². The van der Waals surface area contributed by atoms with Gasteiger partial charge in [0, 0.05) is 18.1 Å². The summed E-state index contributed by atoms with van der Waals surface area (Å²) in [5.41, 5.74) is 1.07. The minimum atomic E-state index is -0.325. The van der Waals surface area contributed by atoms with Gasteiger partial charge in [0.25, 0.3) is 0 Å². The van der Waals surface area contributed by atoms with Crippen LogP contribution in [0.2, 0.25) is 0 Å². The van der Waals surface area contributed by atoms with Crippen molar-refractivity contribution in [3.63, 3.8) is 0 Å². The molecule has 1 aromatic carbocycles. The van der Waals surface area contributed by atoms with Crippen LogP contribution in [0, 0.1) is 6.92 Å². The van der Waals surface area contributed by atoms with E-state index in [-0.39, 0.29) is 11.2 Å². The molecule has 3 rings (SSSR count). The first-order chi connectivity index (χ1) is 13.1. The number of rotatable bonds is 8. The maximum Gasteiger partial charge on any atom is 0.239 e. The summed E-state index contributed by atoms with van der Waals surface area (Å²) in [6, 6.07) is 7.85. The van der Waals surface area contributed by atoms with Crippen LogP contribution in [0.1, 0.15) is 25.2 Å². The maximum atomic E-state index is 12.3. The summed E-state index contributed by atoms with van der Waals surface area (Å²) < 4.78 is 7.85. The van der Waals surface area contributed by atoms with Crippen LogP contribution in [0.4, 0.5) is 5.13 Å². The van der Waals surface area contributed by atoms with E-state index in [4.69, 9.17) is 4.74 Å². The van der Waals surface area contributed by atoms with Gasteiger partial charge in [0.1, 0.15) is 12.4 Å². The summed E-state index contributed by atoms with van der Waals surface area (Å²) in [5, 5.41) is 14.1. The zero-order chi connectivity index (χ0) is 19.2. The SMILES string of the molecule is CCn1c(COc2ccccc2C)nnc1SC(C)C(=O)Nc1nccs1. The quantitative estimate of drug-likeness (QED) is 0.577. The fourth-order valence-corrected chi connectivity index (χ4v) is 3.86. The minimum Gasteiger partial charge on any atom is -0.485 e. The van der Waals surface area contributed by atoms with Gasteiger partial charge in [-0.1, -0.05) is 30.0 Å². The van der Waals surface area contributed by atoms with Crippen molar-refractivity contribution >= 4 is 34.1 Å². The maximum absolute atomic E-state index is 12.3. The smallest absolute Gasteiger partial charge is 0.239 e. The number of anilines is 1. The summed E-state index contributed by atoms with van der Waals surface area (Å²) in [4.78, 5) is 16.4. The number of carbonyl (C=O) groups excluding carboxylic acids is 1. The molecule has 0 bridgehead atoms. The minimum absolute atomic E-state index is 0.113. The fraction of sp³-hybridized carbons (Fsp3) is 0.333. The Morgan fingerprint density at radius 3 is 2.89 bits per heavy atom. The number of benzene rings is 1. The first-order valence-corrected chi connectivity index (χ1v) is 10.3. The van der Waals surface area contributed by atoms with Gasteiger partial charge in [-0.15, -0.1) is 21.5 Å². The Labute approximate surface area is 166 Å². The third kappa shape index (κ3) is 4.86. The van der Waals surface area contributed by atoms with Crippen molar-refractivity contribution in [3.05, 3.63) is 47.2 Å². The number of amides is 1. The van der Waals surface area contributed by atoms with E-state index in [0.717, 1.165) is 17.1 Å². The van der Waals surface area contributed by atoms with E-state index >= 15 is 0 Å². The number of ether oxygens (including phenoxy) is 1. The molecule has 3 aromatic rings. The largest absolute Gasteiger partial charge is 0.485 e. The summed E-state index contributed by atoms with van der Waals surface area (Å²) in [6.45, 7) is 6.88. The monoisotopic (exact) mass is 403 g/mol. The highest BCUT2D eigenvalue weighted by atomic mass is 32.2. The number of aryl methyl sites for hydroxylation is 1. The van der Waals surface area contributed by atoms with Gasteiger partial charge in [-0.3, -0.25) is 4.79 Å². The molecule has 9 heteroatoms. The van der Waals surface area contributed by atoms with Crippen LogP contribution in [0.3, 0.4) is 0 Å². The molecule has 1 atom stereocenters. The first-order valence-electron chi connectivity index (χ1n) is 8.56. The van der Waals surface area contributed by atoms with Crippen LogP contribution in [0.15, 0.2) is 41.0 Å². The molecule has 0 aliphatic carbocycles. The third-order valence-electron chi connectivity index (χ3n) is 3.87. The number of thiazole rings is 1. The van der Waals surface area contributed by atoms with Crippen LogP contribution in [0.25, 0.3) is 0 Å². The number of nitrogens with zero attached hydrogens (tertiary/aromatic N) is 4. The highest BCUT2D eigenvalue weighted by Crippen LogP contribution is 2.25. The van der Waals surface area contributed by atoms with Crippen LogP contribution in [-0.2, 0) is 17.9 Å². The van der Waals surface area contributed by atoms with Gasteiger partial charge >= 0.3 is 0 Å². The van der Waals surface area contributed by atoms with Gasteiger partial charge < -0.3 is 14.6 Å². The highest BCUT2D eigenvalue weighted by Gasteiger charge is 2.20. The Morgan fingerprint density at radius 2 is 2.19 bits per heavy atom. The lowest BCUT2D eigenvalue weighted by Gasteiger charge is -2.12. The van der Waals surface area contributed by atoms with Gasteiger partial charge in [-0.2, -0.15) is 0 Å². The molecule has 0 saturated carbocycles. The Hall–Kier alpha value is -2.39. The number of thioether (sulfide) groups is 1. The molecule has 2 aromatic heterocycles. The molecule has 142 valence electrons. The van der Waals surface area contributed by atoms with E-state index in [9.17, 15) is 4.79 Å². The molecule has 1 N–H and O–H groups in total. The summed E-state index contributed by atoms with van der Waals surface area (Å²) in [6.07, 6.45) is 1.66. The highest BCUT2D eigenvalue weighted by molar-refractivity contribution is 8.00. The van der Waals surface area contributed by atoms with E-state index in [1.54, 1.807) is 6.20 Å². The zero-order valence-corrected chi connectivity index (χ0v) is 17.0. The second-order valence-corrected chi connectivity index (χ2v) is 7.99. The predicted molar refractivity (Wildman–Crippen MR) is 107 cm³/mol. The number of aromatic nitrogens is 4. The standard InChI is InChI=1S/C18H21N5O2S2/c1-4-23-15(11-25-14-8-6-5-7-12(14)2)21-22-18(23)27-13(3)16(24)20-17-19-9-10-26-17/h5-10,13H,4,11H2,1-3H3,(H,19,20,24). The second-order valence-electron chi connectivity index (χ2n) is 5.78. The average molecular weight is 404 g/mol. The first kappa shape index (κ1) is 19.4. The van der Waals surface area contributed by atoms with Crippen molar-refractivity contribution in [2.45, 2.75) is 44.3 Å². The molecule has 0 aliphatic heterocycles. The number of para-hydroxylation sites is 1. The van der Waals surface area contributed by atoms with Crippen LogP contribution < -0.4 is 10.1 Å². The van der Waals surface area contributed by atoms with Crippen molar-refractivity contribution < 1.29 is 9.53 Å². The molecule has 1 amide bonds. The van der Waals surface area contributed by atoms with E-state index in [1.807, 2.05) is 55.0 Å². The van der Waals surface area contributed by atoms with Crippen molar-refractivity contribution in [2.24, 2.45) is 0 Å². The van der Waals surface area contributed by atoms with Crippen molar-refractivity contribution in [1.29, 1.82) is 0 Å². The Kier molecular flexibility index (Phi) is 6.46. The van der Waals surface area contributed by atoms with Crippen LogP contribution >= 0.6 is 23.1 Å². The molecule has 1 unspecified atom stereocenters. The third-order valence-corrected chi connectivity index (χ3v) is 5.64. The Balaban J connectivity index is 1.64. The number of carbonyl (C=O) groups is 1. The lowest BCUT2D eigenvalue weighted by molar-refractivity contribution is -0.115. The second kappa shape index (κ2) is 9.01. The topological polar surface area (TPSA) is 81.9 Å². The average Bonchev–Trinajstić information content (AvgIpc) is 3.30. The lowest BCUT2D eigenvalue weighted by atomic mass is 10.2. The van der Waals surface area contributed by atoms with E-state index in [1.165, 1.54) is 23.1 Å². The molecule has 0 fully saturated rings. The normalized spacial score (nSPS) is 12.0. The zero-order valence-electron chi connectivity index (χ0n) is 15.4. The number of hydrogen-bond donors (Lipinski definition) is 1. The van der Waals surface area contributed by atoms with E-state index in [2.05, 4.69) is 20.5 Å². The molecular weight excluding hydrogens is 382 g/mol. The predicted octanol–water partition coefficient (Wildman–Crippen LogP) is 3.76. The Bertz CT molecular complexity index is 895. The molecule has 0 spiro atoms. The molecule has 7 nitrogen and oxygen atoms in total. The Morgan fingerprint density at radius 1 is 1.37 bits per heavy atom. The molecule has 2 heterocycles. The van der Waals surface area contributed by atoms with Gasteiger partial charge in [0.15, 0.2) is 16.1 Å². The fourth-order valence-electron chi connectivity index (χ4n) is 2.40. The van der Waals surface area contributed by atoms with Gasteiger partial charge in [0.2, 0.25) is 5.91 Å². The lowest BCUT2D eigenvalue weighted by Crippen LogP contribution is -2.23. The van der Waals surface area contributed by atoms with Crippen LogP contribution in [0.5, 0.6) is 5.75 Å². The molecule has 0 saturated heterocycles. The van der Waals surface area contributed by atoms with Crippen molar-refractivity contribution in [1.82, 2.24) is 19.7 Å². The van der Waals surface area contributed by atoms with Gasteiger partial charge in [-0.05, 0) is 32.4 Å². The summed E-state index contributed by atoms with van der Waals surface area (Å²) in [5.74, 6) is 1.45. The van der Waals surface area contributed by atoms with E-state index in [0.29, 0.717) is 23.4 Å².